The van der Waals surface area contributed by atoms with Gasteiger partial charge in [-0.2, -0.15) is 0 Å². The molecule has 3 aromatic rings. The van der Waals surface area contributed by atoms with Crippen molar-refractivity contribution in [2.75, 3.05) is 11.1 Å². The van der Waals surface area contributed by atoms with Gasteiger partial charge in [0.15, 0.2) is 11.0 Å². The van der Waals surface area contributed by atoms with Gasteiger partial charge in [-0.3, -0.25) is 14.9 Å². The minimum Gasteiger partial charge on any atom is -0.319 e. The molecule has 0 atom stereocenters. The van der Waals surface area contributed by atoms with E-state index in [1.54, 1.807) is 30.4 Å². The molecule has 8 nitrogen and oxygen atoms in total. The number of thioether (sulfide) groups is 1. The molecule has 0 unspecified atom stereocenters. The number of nitrogens with zero attached hydrogens (tertiary/aromatic N) is 4. The average molecular weight is 403 g/mol. The molecule has 1 amide bonds. The number of para-hydroxylation sites is 1. The highest BCUT2D eigenvalue weighted by Crippen LogP contribution is 2.29. The van der Waals surface area contributed by atoms with Crippen molar-refractivity contribution >= 4 is 40.4 Å². The lowest BCUT2D eigenvalue weighted by Crippen LogP contribution is -2.16. The summed E-state index contributed by atoms with van der Waals surface area (Å²) in [4.78, 5) is 24.0. The van der Waals surface area contributed by atoms with Crippen LogP contribution >= 0.6 is 23.1 Å². The van der Waals surface area contributed by atoms with E-state index >= 15 is 0 Å². The zero-order valence-corrected chi connectivity index (χ0v) is 16.3. The van der Waals surface area contributed by atoms with Crippen molar-refractivity contribution in [2.45, 2.75) is 25.5 Å². The predicted molar refractivity (Wildman–Crippen MR) is 106 cm³/mol. The van der Waals surface area contributed by atoms with Crippen molar-refractivity contribution in [1.29, 1.82) is 0 Å². The van der Waals surface area contributed by atoms with Crippen molar-refractivity contribution in [1.82, 2.24) is 14.8 Å². The van der Waals surface area contributed by atoms with Crippen LogP contribution in [0.1, 0.15) is 12.5 Å². The number of aryl methyl sites for hydroxylation is 1. The smallest absolute Gasteiger partial charge is 0.293 e. The Balaban J connectivity index is 1.72. The van der Waals surface area contributed by atoms with Gasteiger partial charge < -0.3 is 9.88 Å². The van der Waals surface area contributed by atoms with Crippen LogP contribution in [0.2, 0.25) is 0 Å². The third-order valence-electron chi connectivity index (χ3n) is 3.82. The first-order chi connectivity index (χ1) is 13.0. The number of amides is 1. The van der Waals surface area contributed by atoms with Crippen LogP contribution in [0, 0.1) is 17.0 Å². The van der Waals surface area contributed by atoms with E-state index in [0.717, 1.165) is 10.7 Å². The molecular weight excluding hydrogens is 386 g/mol. The summed E-state index contributed by atoms with van der Waals surface area (Å²) < 4.78 is 1.94. The Hall–Kier alpha value is -2.72. The summed E-state index contributed by atoms with van der Waals surface area (Å²) in [5.41, 5.74) is 0.744. The molecule has 0 aliphatic carbocycles. The number of thiophene rings is 1. The summed E-state index contributed by atoms with van der Waals surface area (Å²) in [6.07, 6.45) is 0. The Kier molecular flexibility index (Phi) is 5.87. The predicted octanol–water partition coefficient (Wildman–Crippen LogP) is 3.97. The molecule has 10 heteroatoms. The highest BCUT2D eigenvalue weighted by molar-refractivity contribution is 7.99. The molecule has 1 aromatic carbocycles. The summed E-state index contributed by atoms with van der Waals surface area (Å²) in [5, 5.41) is 24.8. The maximum absolute atomic E-state index is 12.3. The maximum Gasteiger partial charge on any atom is 0.293 e. The van der Waals surface area contributed by atoms with Gasteiger partial charge in [-0.15, -0.1) is 21.5 Å². The molecule has 0 aliphatic rings. The number of aromatic nitrogens is 3. The Labute approximate surface area is 163 Å². The minimum atomic E-state index is -0.503. The number of nitrogens with one attached hydrogen (secondary N) is 1. The maximum atomic E-state index is 12.3. The highest BCUT2D eigenvalue weighted by atomic mass is 32.2. The molecule has 0 saturated carbocycles. The fourth-order valence-corrected chi connectivity index (χ4v) is 4.06. The van der Waals surface area contributed by atoms with Crippen molar-refractivity contribution in [3.8, 4) is 10.7 Å². The number of carbonyl (C=O) groups is 1. The van der Waals surface area contributed by atoms with E-state index in [4.69, 9.17) is 0 Å². The van der Waals surface area contributed by atoms with Gasteiger partial charge in [0.25, 0.3) is 5.69 Å². The third kappa shape index (κ3) is 4.17. The second-order valence-electron chi connectivity index (χ2n) is 5.59. The zero-order chi connectivity index (χ0) is 19.4. The van der Waals surface area contributed by atoms with Crippen molar-refractivity contribution in [3.05, 3.63) is 51.4 Å². The number of nitro groups is 1. The first-order valence-corrected chi connectivity index (χ1v) is 10.0. The van der Waals surface area contributed by atoms with Crippen LogP contribution in [-0.2, 0) is 11.3 Å². The number of carbonyl (C=O) groups excluding carboxylic acids is 1. The van der Waals surface area contributed by atoms with Crippen molar-refractivity contribution in [2.24, 2.45) is 0 Å². The van der Waals surface area contributed by atoms with Crippen LogP contribution in [0.4, 0.5) is 11.4 Å². The molecule has 3 rings (SSSR count). The fourth-order valence-electron chi connectivity index (χ4n) is 2.54. The molecule has 140 valence electrons. The number of benzene rings is 1. The standard InChI is InChI=1S/C17H17N5O3S2/c1-3-21-16(13-8-5-9-26-13)19-20-17(21)27-10-14(23)18-15-11(2)6-4-7-12(15)22(24)25/h4-9H,3,10H2,1-2H3,(H,18,23). The molecule has 0 bridgehead atoms. The topological polar surface area (TPSA) is 103 Å². The molecule has 27 heavy (non-hydrogen) atoms. The molecule has 0 aliphatic heterocycles. The summed E-state index contributed by atoms with van der Waals surface area (Å²) >= 11 is 2.82. The van der Waals surface area contributed by atoms with Crippen LogP contribution in [0.5, 0.6) is 0 Å². The fraction of sp³-hybridized carbons (Fsp3) is 0.235. The van der Waals surface area contributed by atoms with Crippen LogP contribution in [-0.4, -0.2) is 31.3 Å². The summed E-state index contributed by atoms with van der Waals surface area (Å²) in [5.74, 6) is 0.513. The second kappa shape index (κ2) is 8.31. The van der Waals surface area contributed by atoms with Crippen LogP contribution < -0.4 is 5.32 Å². The van der Waals surface area contributed by atoms with E-state index in [9.17, 15) is 14.9 Å². The van der Waals surface area contributed by atoms with E-state index in [1.165, 1.54) is 17.8 Å². The van der Waals surface area contributed by atoms with Crippen molar-refractivity contribution in [3.63, 3.8) is 0 Å². The summed E-state index contributed by atoms with van der Waals surface area (Å²) in [6.45, 7) is 4.38. The number of hydrogen-bond donors (Lipinski definition) is 1. The Bertz CT molecular complexity index is 969. The van der Waals surface area contributed by atoms with Gasteiger partial charge in [-0.1, -0.05) is 30.0 Å². The number of nitro benzene ring substituents is 1. The van der Waals surface area contributed by atoms with Gasteiger partial charge in [-0.05, 0) is 30.9 Å². The molecule has 0 fully saturated rings. The molecule has 2 heterocycles. The van der Waals surface area contributed by atoms with E-state index < -0.39 is 4.92 Å². The summed E-state index contributed by atoms with van der Waals surface area (Å²) in [7, 11) is 0. The van der Waals surface area contributed by atoms with Gasteiger partial charge in [0.2, 0.25) is 5.91 Å². The third-order valence-corrected chi connectivity index (χ3v) is 5.65. The molecule has 0 radical (unpaired) electrons. The number of hydrogen-bond acceptors (Lipinski definition) is 7. The molecule has 0 spiro atoms. The lowest BCUT2D eigenvalue weighted by molar-refractivity contribution is -0.384. The summed E-state index contributed by atoms with van der Waals surface area (Å²) in [6, 6.07) is 8.60. The molecule has 2 aromatic heterocycles. The highest BCUT2D eigenvalue weighted by Gasteiger charge is 2.19. The first kappa shape index (κ1) is 19.1. The largest absolute Gasteiger partial charge is 0.319 e. The van der Waals surface area contributed by atoms with Gasteiger partial charge >= 0.3 is 0 Å². The first-order valence-electron chi connectivity index (χ1n) is 8.15. The van der Waals surface area contributed by atoms with E-state index in [1.807, 2.05) is 29.0 Å². The van der Waals surface area contributed by atoms with Crippen LogP contribution in [0.3, 0.4) is 0 Å². The van der Waals surface area contributed by atoms with Gasteiger partial charge in [-0.25, -0.2) is 0 Å². The normalized spacial score (nSPS) is 10.7. The second-order valence-corrected chi connectivity index (χ2v) is 7.48. The van der Waals surface area contributed by atoms with Crippen LogP contribution in [0.15, 0.2) is 40.9 Å². The quantitative estimate of drug-likeness (QED) is 0.364. The SMILES string of the molecule is CCn1c(SCC(=O)Nc2c(C)cccc2[N+](=O)[O-])nnc1-c1cccs1. The lowest BCUT2D eigenvalue weighted by atomic mass is 10.1. The van der Waals surface area contributed by atoms with E-state index in [0.29, 0.717) is 17.3 Å². The number of anilines is 1. The van der Waals surface area contributed by atoms with Gasteiger partial charge in [0.1, 0.15) is 5.69 Å². The zero-order valence-electron chi connectivity index (χ0n) is 14.7. The van der Waals surface area contributed by atoms with Crippen molar-refractivity contribution < 1.29 is 9.72 Å². The Morgan fingerprint density at radius 1 is 1.33 bits per heavy atom. The molecule has 1 N–H and O–H groups in total. The average Bonchev–Trinajstić information content (AvgIpc) is 3.30. The van der Waals surface area contributed by atoms with Gasteiger partial charge in [0.05, 0.1) is 15.6 Å². The van der Waals surface area contributed by atoms with Crippen LogP contribution in [0.25, 0.3) is 10.7 Å². The Morgan fingerprint density at radius 3 is 2.81 bits per heavy atom. The minimum absolute atomic E-state index is 0.0774. The monoisotopic (exact) mass is 403 g/mol. The van der Waals surface area contributed by atoms with Gasteiger partial charge in [0, 0.05) is 12.6 Å². The van der Waals surface area contributed by atoms with E-state index in [2.05, 4.69) is 15.5 Å². The number of rotatable bonds is 7. The molecular formula is C17H17N5O3S2. The van der Waals surface area contributed by atoms with E-state index in [-0.39, 0.29) is 23.0 Å². The molecule has 0 saturated heterocycles. The Morgan fingerprint density at radius 2 is 2.15 bits per heavy atom. The lowest BCUT2D eigenvalue weighted by Gasteiger charge is -2.09.